The maximum Gasteiger partial charge on any atom is 0.307 e. The van der Waals surface area contributed by atoms with Crippen molar-refractivity contribution < 1.29 is 23.5 Å². The number of nitrogens with one attached hydrogen (secondary N) is 1. The first kappa shape index (κ1) is 17.5. The van der Waals surface area contributed by atoms with E-state index in [9.17, 15) is 18.4 Å². The number of benzene rings is 1. The number of carboxylic acid groups (broad SMARTS) is 1. The van der Waals surface area contributed by atoms with Crippen molar-refractivity contribution in [2.45, 2.75) is 25.8 Å². The predicted molar refractivity (Wildman–Crippen MR) is 80.7 cm³/mol. The molecule has 1 unspecified atom stereocenters. The molecule has 8 heteroatoms. The van der Waals surface area contributed by atoms with Crippen LogP contribution in [-0.4, -0.2) is 27.0 Å². The predicted octanol–water partition coefficient (Wildman–Crippen LogP) is 2.53. The molecule has 1 atom stereocenters. The Hall–Kier alpha value is -2.90. The number of carbonyl (C=O) groups is 2. The van der Waals surface area contributed by atoms with Crippen molar-refractivity contribution in [3.8, 4) is 0 Å². The van der Waals surface area contributed by atoms with Gasteiger partial charge in [0, 0.05) is 11.8 Å². The summed E-state index contributed by atoms with van der Waals surface area (Å²) in [5.74, 6) is -1.31. The van der Waals surface area contributed by atoms with Crippen molar-refractivity contribution in [2.75, 3.05) is 0 Å². The van der Waals surface area contributed by atoms with Crippen LogP contribution in [0.5, 0.6) is 0 Å². The van der Waals surface area contributed by atoms with E-state index in [2.05, 4.69) is 15.3 Å². The van der Waals surface area contributed by atoms with Gasteiger partial charge in [-0.25, -0.2) is 18.7 Å². The van der Waals surface area contributed by atoms with Gasteiger partial charge < -0.3 is 10.4 Å². The molecule has 0 saturated carbocycles. The monoisotopic (exact) mass is 335 g/mol. The maximum atomic E-state index is 12.6. The van der Waals surface area contributed by atoms with Crippen molar-refractivity contribution >= 4 is 11.9 Å². The third kappa shape index (κ3) is 4.55. The third-order valence-electron chi connectivity index (χ3n) is 3.23. The minimum absolute atomic E-state index is 0.0867. The van der Waals surface area contributed by atoms with E-state index in [1.54, 1.807) is 19.1 Å². The van der Waals surface area contributed by atoms with Crippen LogP contribution in [0.25, 0.3) is 0 Å². The summed E-state index contributed by atoms with van der Waals surface area (Å²) >= 11 is 0. The van der Waals surface area contributed by atoms with Crippen LogP contribution in [0.2, 0.25) is 0 Å². The molecule has 1 aromatic carbocycles. The van der Waals surface area contributed by atoms with Gasteiger partial charge in [0.1, 0.15) is 5.69 Å². The van der Waals surface area contributed by atoms with Gasteiger partial charge in [0.2, 0.25) is 0 Å². The molecule has 0 bridgehead atoms. The number of carbonyl (C=O) groups excluding carboxylic acids is 1. The topological polar surface area (TPSA) is 92.2 Å². The molecule has 2 N–H and O–H groups in total. The molecule has 0 aliphatic rings. The minimum Gasteiger partial charge on any atom is -0.481 e. The third-order valence-corrected chi connectivity index (χ3v) is 3.23. The van der Waals surface area contributed by atoms with Gasteiger partial charge in [-0.05, 0) is 30.7 Å². The highest BCUT2D eigenvalue weighted by Crippen LogP contribution is 2.17. The summed E-state index contributed by atoms with van der Waals surface area (Å²) in [7, 11) is 0. The number of carboxylic acids is 1. The van der Waals surface area contributed by atoms with Gasteiger partial charge in [-0.2, -0.15) is 0 Å². The summed E-state index contributed by atoms with van der Waals surface area (Å²) in [5.41, 5.74) is 0.486. The summed E-state index contributed by atoms with van der Waals surface area (Å²) in [6.45, 7) is 1.58. The quantitative estimate of drug-likeness (QED) is 0.846. The number of rotatable bonds is 6. The van der Waals surface area contributed by atoms with Gasteiger partial charge in [-0.15, -0.1) is 0 Å². The standard InChI is InChI=1S/C16H15F2N3O3/c1-9(15-19-7-6-12(21-15)14(17)18)20-16(24)11-4-2-10(3-5-11)8-13(22)23/h2-7,9,14H,8H2,1H3,(H,20,24)(H,22,23). The Bertz CT molecular complexity index is 736. The summed E-state index contributed by atoms with van der Waals surface area (Å²) in [5, 5.41) is 11.3. The summed E-state index contributed by atoms with van der Waals surface area (Å²) in [6.07, 6.45) is -1.63. The van der Waals surface area contributed by atoms with E-state index in [1.807, 2.05) is 0 Å². The van der Waals surface area contributed by atoms with Crippen molar-refractivity contribution in [2.24, 2.45) is 0 Å². The average molecular weight is 335 g/mol. The molecule has 0 aliphatic heterocycles. The molecule has 0 aliphatic carbocycles. The molecule has 6 nitrogen and oxygen atoms in total. The molecule has 126 valence electrons. The molecule has 2 aromatic rings. The minimum atomic E-state index is -2.71. The lowest BCUT2D eigenvalue weighted by molar-refractivity contribution is -0.136. The first-order chi connectivity index (χ1) is 11.4. The molecule has 1 aromatic heterocycles. The van der Waals surface area contributed by atoms with E-state index in [0.29, 0.717) is 11.1 Å². The second-order valence-corrected chi connectivity index (χ2v) is 5.10. The first-order valence-corrected chi connectivity index (χ1v) is 7.09. The van der Waals surface area contributed by atoms with Crippen molar-refractivity contribution in [1.82, 2.24) is 15.3 Å². The van der Waals surface area contributed by atoms with Crippen LogP contribution in [0.1, 0.15) is 46.8 Å². The molecule has 1 amide bonds. The van der Waals surface area contributed by atoms with E-state index < -0.39 is 30.0 Å². The van der Waals surface area contributed by atoms with Crippen LogP contribution in [0.15, 0.2) is 36.5 Å². The number of hydrogen-bond acceptors (Lipinski definition) is 4. The summed E-state index contributed by atoms with van der Waals surface area (Å²) in [6, 6.07) is 6.54. The van der Waals surface area contributed by atoms with Crippen molar-refractivity contribution in [1.29, 1.82) is 0 Å². The number of alkyl halides is 2. The van der Waals surface area contributed by atoms with Crippen LogP contribution in [0.4, 0.5) is 8.78 Å². The fraction of sp³-hybridized carbons (Fsp3) is 0.250. The van der Waals surface area contributed by atoms with Gasteiger partial charge in [-0.3, -0.25) is 9.59 Å². The van der Waals surface area contributed by atoms with E-state index in [-0.39, 0.29) is 12.2 Å². The summed E-state index contributed by atoms with van der Waals surface area (Å²) < 4.78 is 25.3. The van der Waals surface area contributed by atoms with Crippen LogP contribution in [0, 0.1) is 0 Å². The van der Waals surface area contributed by atoms with Crippen LogP contribution in [-0.2, 0) is 11.2 Å². The highest BCUT2D eigenvalue weighted by molar-refractivity contribution is 5.94. The van der Waals surface area contributed by atoms with Gasteiger partial charge >= 0.3 is 5.97 Å². The van der Waals surface area contributed by atoms with Crippen LogP contribution < -0.4 is 5.32 Å². The normalized spacial score (nSPS) is 12.0. The van der Waals surface area contributed by atoms with Gasteiger partial charge in [0.15, 0.2) is 5.82 Å². The average Bonchev–Trinajstić information content (AvgIpc) is 2.55. The number of amides is 1. The number of nitrogens with zero attached hydrogens (tertiary/aromatic N) is 2. The Morgan fingerprint density at radius 1 is 1.21 bits per heavy atom. The largest absolute Gasteiger partial charge is 0.481 e. The first-order valence-electron chi connectivity index (χ1n) is 7.09. The fourth-order valence-electron chi connectivity index (χ4n) is 2.01. The molecule has 0 spiro atoms. The number of aliphatic carboxylic acids is 1. The Labute approximate surface area is 136 Å². The zero-order valence-electron chi connectivity index (χ0n) is 12.7. The zero-order chi connectivity index (χ0) is 17.7. The second kappa shape index (κ2) is 7.58. The van der Waals surface area contributed by atoms with E-state index >= 15 is 0 Å². The van der Waals surface area contributed by atoms with Crippen molar-refractivity contribution in [3.63, 3.8) is 0 Å². The molecule has 0 radical (unpaired) electrons. The van der Waals surface area contributed by atoms with E-state index in [4.69, 9.17) is 5.11 Å². The molecule has 0 fully saturated rings. The molecular formula is C16H15F2N3O3. The van der Waals surface area contributed by atoms with Crippen LogP contribution >= 0.6 is 0 Å². The van der Waals surface area contributed by atoms with Gasteiger partial charge in [0.05, 0.1) is 12.5 Å². The Kier molecular flexibility index (Phi) is 5.51. The van der Waals surface area contributed by atoms with Crippen LogP contribution in [0.3, 0.4) is 0 Å². The molecule has 2 rings (SSSR count). The lowest BCUT2D eigenvalue weighted by Crippen LogP contribution is -2.28. The summed E-state index contributed by atoms with van der Waals surface area (Å²) in [4.78, 5) is 30.4. The second-order valence-electron chi connectivity index (χ2n) is 5.10. The van der Waals surface area contributed by atoms with E-state index in [0.717, 1.165) is 6.07 Å². The Balaban J connectivity index is 2.05. The number of hydrogen-bond donors (Lipinski definition) is 2. The lowest BCUT2D eigenvalue weighted by atomic mass is 10.1. The Morgan fingerprint density at radius 3 is 2.46 bits per heavy atom. The van der Waals surface area contributed by atoms with E-state index in [1.165, 1.54) is 18.3 Å². The molecule has 1 heterocycles. The van der Waals surface area contributed by atoms with Gasteiger partial charge in [-0.1, -0.05) is 12.1 Å². The fourth-order valence-corrected chi connectivity index (χ4v) is 2.01. The van der Waals surface area contributed by atoms with Gasteiger partial charge in [0.25, 0.3) is 12.3 Å². The SMILES string of the molecule is CC(NC(=O)c1ccc(CC(=O)O)cc1)c1nccc(C(F)F)n1. The lowest BCUT2D eigenvalue weighted by Gasteiger charge is -2.13. The molecule has 24 heavy (non-hydrogen) atoms. The Morgan fingerprint density at radius 2 is 1.88 bits per heavy atom. The molecular weight excluding hydrogens is 320 g/mol. The zero-order valence-corrected chi connectivity index (χ0v) is 12.7. The maximum absolute atomic E-state index is 12.6. The highest BCUT2D eigenvalue weighted by Gasteiger charge is 2.16. The number of halogens is 2. The van der Waals surface area contributed by atoms with Crippen molar-refractivity contribution in [3.05, 3.63) is 59.2 Å². The smallest absolute Gasteiger partial charge is 0.307 e. The number of aromatic nitrogens is 2. The highest BCUT2D eigenvalue weighted by atomic mass is 19.3. The molecule has 0 saturated heterocycles.